The number of methoxy groups -OCH3 is 1. The molecule has 1 heterocycles. The van der Waals surface area contributed by atoms with Crippen LogP contribution in [-0.2, 0) is 21.2 Å². The number of halogens is 1. The van der Waals surface area contributed by atoms with Gasteiger partial charge in [-0.25, -0.2) is 13.2 Å². The summed E-state index contributed by atoms with van der Waals surface area (Å²) in [6.07, 6.45) is 0.344. The number of rotatable bonds is 6. The third-order valence-corrected chi connectivity index (χ3v) is 5.12. The Hall–Kier alpha value is -1.09. The zero-order valence-corrected chi connectivity index (χ0v) is 14.1. The molecule has 1 aromatic heterocycles. The number of furan rings is 1. The average molecular weight is 341 g/mol. The van der Waals surface area contributed by atoms with E-state index in [4.69, 9.17) is 10.2 Å². The predicted molar refractivity (Wildman–Crippen MR) is 80.1 cm³/mol. The van der Waals surface area contributed by atoms with Crippen LogP contribution in [0.15, 0.2) is 15.4 Å². The zero-order chi connectivity index (χ0) is 15.5. The summed E-state index contributed by atoms with van der Waals surface area (Å²) in [5, 5.41) is 0. The fourth-order valence-corrected chi connectivity index (χ4v) is 3.22. The molecule has 0 aliphatic rings. The van der Waals surface area contributed by atoms with Gasteiger partial charge in [-0.2, -0.15) is 4.31 Å². The van der Waals surface area contributed by atoms with Gasteiger partial charge in [0.2, 0.25) is 15.8 Å². The van der Waals surface area contributed by atoms with E-state index in [0.29, 0.717) is 6.42 Å². The maximum atomic E-state index is 12.5. The number of aryl methyl sites for hydroxylation is 1. The Morgan fingerprint density at radius 3 is 2.52 bits per heavy atom. The lowest BCUT2D eigenvalue weighted by Crippen LogP contribution is -2.39. The van der Waals surface area contributed by atoms with Crippen molar-refractivity contribution in [2.75, 3.05) is 20.7 Å². The third kappa shape index (κ3) is 3.97. The quantitative estimate of drug-likeness (QED) is 0.775. The SMILES string of the molecule is CCc1oc(C(=O)OC)cc1S(=O)(=O)N(C)C(C)CN.Cl. The van der Waals surface area contributed by atoms with Gasteiger partial charge in [-0.05, 0) is 6.92 Å². The first kappa shape index (κ1) is 19.9. The van der Waals surface area contributed by atoms with E-state index in [1.165, 1.54) is 20.2 Å². The summed E-state index contributed by atoms with van der Waals surface area (Å²) >= 11 is 0. The normalized spacial score (nSPS) is 12.9. The zero-order valence-electron chi connectivity index (χ0n) is 12.5. The molecule has 0 aromatic carbocycles. The van der Waals surface area contributed by atoms with Crippen LogP contribution in [-0.4, -0.2) is 45.4 Å². The van der Waals surface area contributed by atoms with Crippen LogP contribution in [0, 0.1) is 0 Å². The van der Waals surface area contributed by atoms with Crippen LogP contribution in [0.25, 0.3) is 0 Å². The minimum Gasteiger partial charge on any atom is -0.463 e. The fourth-order valence-electron chi connectivity index (χ4n) is 1.62. The number of sulfonamides is 1. The van der Waals surface area contributed by atoms with Crippen molar-refractivity contribution < 1.29 is 22.4 Å². The molecule has 2 N–H and O–H groups in total. The Morgan fingerprint density at radius 2 is 2.10 bits per heavy atom. The first-order valence-electron chi connectivity index (χ1n) is 6.18. The summed E-state index contributed by atoms with van der Waals surface area (Å²) in [5.41, 5.74) is 5.49. The lowest BCUT2D eigenvalue weighted by molar-refractivity contribution is 0.0563. The van der Waals surface area contributed by atoms with Crippen LogP contribution in [0.1, 0.15) is 30.2 Å². The molecule has 0 radical (unpaired) electrons. The molecule has 1 atom stereocenters. The molecule has 0 saturated carbocycles. The number of carbonyl (C=O) groups is 1. The van der Waals surface area contributed by atoms with Crippen molar-refractivity contribution >= 4 is 28.4 Å². The van der Waals surface area contributed by atoms with Crippen LogP contribution in [0.5, 0.6) is 0 Å². The maximum absolute atomic E-state index is 12.5. The van der Waals surface area contributed by atoms with Crippen LogP contribution >= 0.6 is 12.4 Å². The van der Waals surface area contributed by atoms with E-state index in [2.05, 4.69) is 4.74 Å². The number of nitrogens with two attached hydrogens (primary N) is 1. The lowest BCUT2D eigenvalue weighted by atomic mass is 10.3. The van der Waals surface area contributed by atoms with Gasteiger partial charge in [0.1, 0.15) is 10.7 Å². The van der Waals surface area contributed by atoms with Gasteiger partial charge < -0.3 is 14.9 Å². The van der Waals surface area contributed by atoms with Crippen LogP contribution in [0.2, 0.25) is 0 Å². The van der Waals surface area contributed by atoms with E-state index in [0.717, 1.165) is 4.31 Å². The number of ether oxygens (including phenoxy) is 1. The predicted octanol–water partition coefficient (Wildman–Crippen LogP) is 1.02. The number of carbonyl (C=O) groups excluding carboxylic acids is 1. The van der Waals surface area contributed by atoms with Gasteiger partial charge in [0.05, 0.1) is 7.11 Å². The monoisotopic (exact) mass is 340 g/mol. The summed E-state index contributed by atoms with van der Waals surface area (Å²) in [6, 6.07) is 0.834. The molecule has 0 aliphatic carbocycles. The number of nitrogens with zero attached hydrogens (tertiary/aromatic N) is 1. The maximum Gasteiger partial charge on any atom is 0.373 e. The Balaban J connectivity index is 0.00000400. The second kappa shape index (κ2) is 7.79. The minimum absolute atomic E-state index is 0. The summed E-state index contributed by atoms with van der Waals surface area (Å²) < 4.78 is 35.9. The molecule has 1 rings (SSSR count). The molecule has 0 bridgehead atoms. The molecule has 1 unspecified atom stereocenters. The second-order valence-corrected chi connectivity index (χ2v) is 6.32. The van der Waals surface area contributed by atoms with E-state index in [-0.39, 0.29) is 41.4 Å². The molecule has 0 amide bonds. The van der Waals surface area contributed by atoms with E-state index < -0.39 is 16.0 Å². The topological polar surface area (TPSA) is 103 Å². The smallest absolute Gasteiger partial charge is 0.373 e. The van der Waals surface area contributed by atoms with Gasteiger partial charge in [0.25, 0.3) is 0 Å². The van der Waals surface area contributed by atoms with E-state index in [9.17, 15) is 13.2 Å². The molecule has 122 valence electrons. The lowest BCUT2D eigenvalue weighted by Gasteiger charge is -2.22. The highest BCUT2D eigenvalue weighted by Gasteiger charge is 2.31. The summed E-state index contributed by atoms with van der Waals surface area (Å²) in [4.78, 5) is 11.4. The van der Waals surface area contributed by atoms with Crippen molar-refractivity contribution in [2.24, 2.45) is 5.73 Å². The molecule has 1 aromatic rings. The van der Waals surface area contributed by atoms with Crippen LogP contribution < -0.4 is 5.73 Å². The highest BCUT2D eigenvalue weighted by molar-refractivity contribution is 7.89. The van der Waals surface area contributed by atoms with E-state index >= 15 is 0 Å². The van der Waals surface area contributed by atoms with Crippen molar-refractivity contribution in [3.05, 3.63) is 17.6 Å². The van der Waals surface area contributed by atoms with Crippen molar-refractivity contribution in [3.63, 3.8) is 0 Å². The molecule has 9 heteroatoms. The Morgan fingerprint density at radius 1 is 1.52 bits per heavy atom. The largest absolute Gasteiger partial charge is 0.463 e. The van der Waals surface area contributed by atoms with Crippen molar-refractivity contribution in [2.45, 2.75) is 31.2 Å². The fraction of sp³-hybridized carbons (Fsp3) is 0.583. The van der Waals surface area contributed by atoms with Gasteiger partial charge >= 0.3 is 5.97 Å². The van der Waals surface area contributed by atoms with Gasteiger partial charge in [-0.3, -0.25) is 0 Å². The van der Waals surface area contributed by atoms with E-state index in [1.807, 2.05) is 0 Å². The van der Waals surface area contributed by atoms with Crippen LogP contribution in [0.4, 0.5) is 0 Å². The molecule has 0 aliphatic heterocycles. The minimum atomic E-state index is -3.76. The van der Waals surface area contributed by atoms with Crippen LogP contribution in [0.3, 0.4) is 0 Å². The first-order valence-corrected chi connectivity index (χ1v) is 7.62. The average Bonchev–Trinajstić information content (AvgIpc) is 2.89. The highest BCUT2D eigenvalue weighted by Crippen LogP contribution is 2.25. The Kier molecular flexibility index (Phi) is 7.38. The van der Waals surface area contributed by atoms with Gasteiger partial charge in [-0.1, -0.05) is 6.92 Å². The number of hydrogen-bond acceptors (Lipinski definition) is 6. The number of esters is 1. The molecule has 0 spiro atoms. The molecular weight excluding hydrogens is 320 g/mol. The van der Waals surface area contributed by atoms with Crippen molar-refractivity contribution in [1.82, 2.24) is 4.31 Å². The summed E-state index contributed by atoms with van der Waals surface area (Å²) in [5.74, 6) is -0.617. The molecular formula is C12H21ClN2O5S. The summed E-state index contributed by atoms with van der Waals surface area (Å²) in [6.45, 7) is 3.63. The highest BCUT2D eigenvalue weighted by atomic mass is 35.5. The van der Waals surface area contributed by atoms with Crippen molar-refractivity contribution in [3.8, 4) is 0 Å². The van der Waals surface area contributed by atoms with Gasteiger partial charge in [-0.15, -0.1) is 12.4 Å². The second-order valence-electron chi connectivity index (χ2n) is 4.35. The molecule has 0 fully saturated rings. The van der Waals surface area contributed by atoms with Gasteiger partial charge in [0, 0.05) is 32.1 Å². The summed E-state index contributed by atoms with van der Waals surface area (Å²) in [7, 11) is -1.12. The first-order chi connectivity index (χ1) is 9.29. The Labute approximate surface area is 130 Å². The standard InChI is InChI=1S/C12H20N2O5S.ClH/c1-5-9-11(6-10(19-9)12(15)18-4)20(16,17)14(3)8(2)7-13;/h6,8H,5,7,13H2,1-4H3;1H. The Bertz CT molecular complexity index is 584. The number of hydrogen-bond donors (Lipinski definition) is 1. The van der Waals surface area contributed by atoms with E-state index in [1.54, 1.807) is 13.8 Å². The third-order valence-electron chi connectivity index (χ3n) is 3.10. The van der Waals surface area contributed by atoms with Crippen molar-refractivity contribution in [1.29, 1.82) is 0 Å². The molecule has 21 heavy (non-hydrogen) atoms. The molecule has 0 saturated heterocycles. The number of likely N-dealkylation sites (N-methyl/N-ethyl adjacent to an activating group) is 1. The van der Waals surface area contributed by atoms with Gasteiger partial charge in [0.15, 0.2) is 0 Å². The molecule has 7 nitrogen and oxygen atoms in total.